The number of hydrogen-bond donors (Lipinski definition) is 0. The largest absolute Gasteiger partial charge is 0.456 e. The molecule has 0 amide bonds. The van der Waals surface area contributed by atoms with E-state index in [1.807, 2.05) is 60.7 Å². The maximum absolute atomic E-state index is 6.46. The van der Waals surface area contributed by atoms with E-state index in [9.17, 15) is 0 Å². The number of rotatable bonds is 6. The highest BCUT2D eigenvalue weighted by atomic mass is 32.1. The van der Waals surface area contributed by atoms with E-state index in [0.29, 0.717) is 33.9 Å². The molecule has 3 aromatic heterocycles. The molecule has 218 valence electrons. The number of furan rings is 2. The van der Waals surface area contributed by atoms with E-state index in [-0.39, 0.29) is 0 Å². The van der Waals surface area contributed by atoms with Gasteiger partial charge in [0, 0.05) is 11.1 Å². The minimum absolute atomic E-state index is 0.669. The van der Waals surface area contributed by atoms with Crippen LogP contribution in [-0.4, -0.2) is 8.75 Å². The number of benzene rings is 5. The molecule has 0 N–H and O–H groups in total. The fourth-order valence-electron chi connectivity index (χ4n) is 5.89. The van der Waals surface area contributed by atoms with Gasteiger partial charge in [0.25, 0.3) is 0 Å². The molecule has 0 unspecified atom stereocenters. The summed E-state index contributed by atoms with van der Waals surface area (Å²) in [5.41, 5.74) is 11.1. The summed E-state index contributed by atoms with van der Waals surface area (Å²) in [6.07, 6.45) is 0. The first-order valence-corrected chi connectivity index (χ1v) is 16.2. The van der Waals surface area contributed by atoms with Crippen LogP contribution >= 0.6 is 11.7 Å². The number of hydrogen-bond acceptors (Lipinski definition) is 7. The lowest BCUT2D eigenvalue weighted by atomic mass is 10.00. The molecule has 0 bridgehead atoms. The normalized spacial score (nSPS) is 12.0. The van der Waals surface area contributed by atoms with Gasteiger partial charge in [0.15, 0.2) is 0 Å². The molecule has 1 aliphatic rings. The van der Waals surface area contributed by atoms with Crippen molar-refractivity contribution < 1.29 is 8.83 Å². The van der Waals surface area contributed by atoms with Crippen molar-refractivity contribution in [2.24, 2.45) is 8.73 Å². The predicted molar refractivity (Wildman–Crippen MR) is 186 cm³/mol. The van der Waals surface area contributed by atoms with Crippen molar-refractivity contribution in [3.05, 3.63) is 133 Å². The summed E-state index contributed by atoms with van der Waals surface area (Å²) in [6, 6.07) is 45.4. The Kier molecular flexibility index (Phi) is 6.40. The minimum atomic E-state index is 0.669. The molecule has 0 fully saturated rings. The van der Waals surface area contributed by atoms with Crippen molar-refractivity contribution in [1.82, 2.24) is 8.75 Å². The molecular weight excluding hydrogens is 609 g/mol. The van der Waals surface area contributed by atoms with Gasteiger partial charge in [0.2, 0.25) is 0 Å². The molecule has 4 heterocycles. The molecule has 6 nitrogen and oxygen atoms in total. The molecule has 0 aliphatic carbocycles. The zero-order valence-electron chi connectivity index (χ0n) is 24.1. The van der Waals surface area contributed by atoms with Crippen LogP contribution in [0.4, 0.5) is 11.4 Å². The molecule has 5 aromatic carbocycles. The summed E-state index contributed by atoms with van der Waals surface area (Å²) in [4.78, 5) is 0. The van der Waals surface area contributed by atoms with Crippen LogP contribution < -0.4 is 0 Å². The van der Waals surface area contributed by atoms with Crippen molar-refractivity contribution in [2.45, 2.75) is 0 Å². The summed E-state index contributed by atoms with van der Waals surface area (Å²) >= 11 is 2.31. The van der Waals surface area contributed by atoms with Crippen molar-refractivity contribution in [3.63, 3.8) is 0 Å². The third kappa shape index (κ3) is 4.54. The topological polar surface area (TPSA) is 76.8 Å². The van der Waals surface area contributed by atoms with Crippen molar-refractivity contribution in [2.75, 3.05) is 0 Å². The summed E-state index contributed by atoms with van der Waals surface area (Å²) < 4.78 is 31.7. The number of aromatic nitrogens is 2. The first kappa shape index (κ1) is 26.7. The van der Waals surface area contributed by atoms with Crippen LogP contribution in [-0.2, 0) is 11.4 Å². The summed E-state index contributed by atoms with van der Waals surface area (Å²) in [7, 11) is 0. The van der Waals surface area contributed by atoms with Gasteiger partial charge in [-0.15, -0.1) is 0 Å². The third-order valence-electron chi connectivity index (χ3n) is 8.18. The van der Waals surface area contributed by atoms with E-state index >= 15 is 0 Å². The van der Waals surface area contributed by atoms with Crippen LogP contribution in [0, 0.1) is 0 Å². The summed E-state index contributed by atoms with van der Waals surface area (Å²) in [5.74, 6) is 2.87. The van der Waals surface area contributed by atoms with Crippen LogP contribution in [0.25, 0.3) is 78.6 Å². The molecule has 0 radical (unpaired) electrons. The Hall–Kier alpha value is -5.70. The van der Waals surface area contributed by atoms with Gasteiger partial charge in [-0.3, -0.25) is 0 Å². The molecule has 0 saturated carbocycles. The maximum Gasteiger partial charge on any atom is 0.139 e. The minimum Gasteiger partial charge on any atom is -0.456 e. The van der Waals surface area contributed by atoms with Gasteiger partial charge in [0.05, 0.1) is 34.2 Å². The van der Waals surface area contributed by atoms with Gasteiger partial charge < -0.3 is 8.83 Å². The SMILES string of the molecule is c1ccc(-c2ccc(-c3ccc(-c4c5c(c(-c6ccc(-c7ccc(-c8ccccc8)cc7)o6)c6nsnc46)N=S=N5)o3)cc2)cc1. The maximum atomic E-state index is 6.46. The molecule has 46 heavy (non-hydrogen) atoms. The van der Waals surface area contributed by atoms with Gasteiger partial charge in [0.1, 0.15) is 45.4 Å². The third-order valence-corrected chi connectivity index (χ3v) is 9.24. The zero-order valence-corrected chi connectivity index (χ0v) is 25.8. The Morgan fingerprint density at radius 1 is 0.370 bits per heavy atom. The molecular formula is C38H22N4O2S2. The second kappa shape index (κ2) is 11.0. The van der Waals surface area contributed by atoms with E-state index in [4.69, 9.17) is 26.3 Å². The Morgan fingerprint density at radius 3 is 1.17 bits per heavy atom. The van der Waals surface area contributed by atoms with E-state index in [2.05, 4.69) is 72.8 Å². The van der Waals surface area contributed by atoms with Crippen LogP contribution in [0.2, 0.25) is 0 Å². The fraction of sp³-hybridized carbons (Fsp3) is 0. The smallest absolute Gasteiger partial charge is 0.139 e. The highest BCUT2D eigenvalue weighted by Gasteiger charge is 2.29. The van der Waals surface area contributed by atoms with Gasteiger partial charge >= 0.3 is 0 Å². The first-order chi connectivity index (χ1) is 22.8. The van der Waals surface area contributed by atoms with Crippen molar-refractivity contribution >= 4 is 45.5 Å². The van der Waals surface area contributed by atoms with Gasteiger partial charge in [-0.1, -0.05) is 109 Å². The predicted octanol–water partition coefficient (Wildman–Crippen LogP) is 11.6. The summed E-state index contributed by atoms with van der Waals surface area (Å²) in [5, 5.41) is 0. The standard InChI is InChI=1S/C38H22N4O2S2/c1-3-7-23(8-4-1)25-11-15-27(16-12-25)29-19-21-31(43-29)33-35-37(41-45-39-35)34(38-36(33)40-46-42-38)32-22-20-30(44-32)28-17-13-26(14-18-28)24-9-5-2-6-10-24/h1-22H. The highest BCUT2D eigenvalue weighted by molar-refractivity contribution is 7.58. The Morgan fingerprint density at radius 2 is 0.739 bits per heavy atom. The lowest BCUT2D eigenvalue weighted by Crippen LogP contribution is -1.86. The Labute approximate surface area is 271 Å². The average Bonchev–Trinajstić information content (AvgIpc) is 3.96. The first-order valence-electron chi connectivity index (χ1n) is 14.7. The molecule has 1 aliphatic heterocycles. The van der Waals surface area contributed by atoms with E-state index in [1.54, 1.807) is 0 Å². The van der Waals surface area contributed by atoms with Gasteiger partial charge in [-0.05, 0) is 46.5 Å². The van der Waals surface area contributed by atoms with Crippen molar-refractivity contribution in [1.29, 1.82) is 0 Å². The fourth-order valence-corrected chi connectivity index (χ4v) is 7.01. The molecule has 0 spiro atoms. The molecule has 0 atom stereocenters. The highest BCUT2D eigenvalue weighted by Crippen LogP contribution is 2.52. The Balaban J connectivity index is 1.07. The van der Waals surface area contributed by atoms with Crippen LogP contribution in [0.3, 0.4) is 0 Å². The van der Waals surface area contributed by atoms with E-state index < -0.39 is 0 Å². The molecule has 9 rings (SSSR count). The quantitative estimate of drug-likeness (QED) is 0.183. The molecule has 8 heteroatoms. The molecule has 0 saturated heterocycles. The lowest BCUT2D eigenvalue weighted by molar-refractivity contribution is 0.597. The van der Waals surface area contributed by atoms with Crippen LogP contribution in [0.15, 0.2) is 151 Å². The number of nitrogens with zero attached hydrogens (tertiary/aromatic N) is 4. The van der Waals surface area contributed by atoms with E-state index in [1.165, 1.54) is 11.1 Å². The van der Waals surface area contributed by atoms with E-state index in [0.717, 1.165) is 68.0 Å². The second-order valence-corrected chi connectivity index (χ2v) is 11.9. The zero-order chi connectivity index (χ0) is 30.5. The Bertz CT molecular complexity index is 2270. The second-order valence-electron chi connectivity index (χ2n) is 10.9. The van der Waals surface area contributed by atoms with Gasteiger partial charge in [-0.2, -0.15) is 17.5 Å². The monoisotopic (exact) mass is 630 g/mol. The van der Waals surface area contributed by atoms with Gasteiger partial charge in [-0.25, -0.2) is 0 Å². The average molecular weight is 631 g/mol. The molecule has 8 aromatic rings. The lowest BCUT2D eigenvalue weighted by Gasteiger charge is -2.09. The van der Waals surface area contributed by atoms with Crippen LogP contribution in [0.1, 0.15) is 0 Å². The van der Waals surface area contributed by atoms with Crippen molar-refractivity contribution in [3.8, 4) is 67.5 Å². The summed E-state index contributed by atoms with van der Waals surface area (Å²) in [6.45, 7) is 0. The van der Waals surface area contributed by atoms with Crippen LogP contribution in [0.5, 0.6) is 0 Å². The number of fused-ring (bicyclic) bond motifs is 2.